The summed E-state index contributed by atoms with van der Waals surface area (Å²) in [6.07, 6.45) is 7.84. The Morgan fingerprint density at radius 1 is 1.00 bits per heavy atom. The highest BCUT2D eigenvalue weighted by Crippen LogP contribution is 2.48. The third-order valence-corrected chi connectivity index (χ3v) is 4.90. The Morgan fingerprint density at radius 2 is 1.54 bits per heavy atom. The molecule has 1 fully saturated rings. The van der Waals surface area contributed by atoms with Gasteiger partial charge in [0.05, 0.1) is 17.8 Å². The largest absolute Gasteiger partial charge is 0.478 e. The summed E-state index contributed by atoms with van der Waals surface area (Å²) in [5, 5.41) is 17.7. The summed E-state index contributed by atoms with van der Waals surface area (Å²) < 4.78 is 4.82. The number of carbonyl (C=O) groups excluding carboxylic acids is 1. The maximum absolute atomic E-state index is 11.1. The molecule has 0 radical (unpaired) electrons. The van der Waals surface area contributed by atoms with Gasteiger partial charge in [0, 0.05) is 5.57 Å². The zero-order valence-electron chi connectivity index (χ0n) is 15.8. The molecule has 6 heteroatoms. The van der Waals surface area contributed by atoms with Gasteiger partial charge in [0.25, 0.3) is 0 Å². The molecule has 0 heterocycles. The van der Waals surface area contributed by atoms with Gasteiger partial charge in [-0.15, -0.1) is 0 Å². The number of rotatable bonds is 9. The molecule has 2 bridgehead atoms. The van der Waals surface area contributed by atoms with Crippen molar-refractivity contribution in [3.8, 4) is 0 Å². The van der Waals surface area contributed by atoms with Gasteiger partial charge in [-0.2, -0.15) is 0 Å². The molecule has 6 nitrogen and oxygen atoms in total. The molecule has 2 unspecified atom stereocenters. The summed E-state index contributed by atoms with van der Waals surface area (Å²) in [7, 11) is 0. The first-order valence-corrected chi connectivity index (χ1v) is 9.38. The molecule has 1 saturated carbocycles. The van der Waals surface area contributed by atoms with Crippen molar-refractivity contribution >= 4 is 17.9 Å². The molecule has 2 atom stereocenters. The molecule has 0 spiro atoms. The fourth-order valence-corrected chi connectivity index (χ4v) is 3.63. The van der Waals surface area contributed by atoms with Crippen LogP contribution in [0.15, 0.2) is 23.3 Å². The summed E-state index contributed by atoms with van der Waals surface area (Å²) >= 11 is 0. The van der Waals surface area contributed by atoms with Gasteiger partial charge >= 0.3 is 17.9 Å². The van der Waals surface area contributed by atoms with Crippen molar-refractivity contribution in [2.45, 2.75) is 65.2 Å². The first-order chi connectivity index (χ1) is 12.3. The van der Waals surface area contributed by atoms with Gasteiger partial charge in [0.1, 0.15) is 0 Å². The van der Waals surface area contributed by atoms with Gasteiger partial charge in [-0.25, -0.2) is 14.4 Å². The lowest BCUT2D eigenvalue weighted by Gasteiger charge is -2.12. The molecule has 0 aromatic heterocycles. The summed E-state index contributed by atoms with van der Waals surface area (Å²) in [4.78, 5) is 32.7. The summed E-state index contributed by atoms with van der Waals surface area (Å²) in [5.74, 6) is -2.35. The van der Waals surface area contributed by atoms with Crippen molar-refractivity contribution in [1.29, 1.82) is 0 Å². The predicted octanol–water partition coefficient (Wildman–Crippen LogP) is 3.96. The van der Waals surface area contributed by atoms with Crippen molar-refractivity contribution in [2.75, 3.05) is 6.61 Å². The van der Waals surface area contributed by atoms with E-state index in [9.17, 15) is 14.4 Å². The van der Waals surface area contributed by atoms with Crippen LogP contribution in [0.3, 0.4) is 0 Å². The number of esters is 1. The molecule has 0 aliphatic heterocycles. The normalized spacial score (nSPS) is 20.4. The van der Waals surface area contributed by atoms with E-state index in [1.807, 2.05) is 6.92 Å². The fourth-order valence-electron chi connectivity index (χ4n) is 3.63. The van der Waals surface area contributed by atoms with E-state index in [0.29, 0.717) is 12.2 Å². The number of carboxylic acids is 2. The Balaban J connectivity index is 0.000000260. The lowest BCUT2D eigenvalue weighted by Crippen LogP contribution is -2.17. The van der Waals surface area contributed by atoms with E-state index in [-0.39, 0.29) is 29.0 Å². The molecular formula is C20H30O6. The average molecular weight is 366 g/mol. The maximum Gasteiger partial charge on any atom is 0.333 e. The van der Waals surface area contributed by atoms with Crippen LogP contribution in [0.5, 0.6) is 0 Å². The molecule has 26 heavy (non-hydrogen) atoms. The van der Waals surface area contributed by atoms with Gasteiger partial charge in [-0.1, -0.05) is 32.8 Å². The van der Waals surface area contributed by atoms with E-state index in [4.69, 9.17) is 14.9 Å². The number of unbranched alkanes of at least 4 members (excludes halogenated alkanes) is 3. The SMILES string of the molecule is C=C(CCCCCC)C(=O)OCC.O=C(O)C1=C(C(=O)O)C2CCC1C2. The molecule has 2 aliphatic carbocycles. The quantitative estimate of drug-likeness (QED) is 0.364. The third-order valence-electron chi connectivity index (χ3n) is 4.90. The molecule has 146 valence electrons. The van der Waals surface area contributed by atoms with Gasteiger partial charge in [-0.05, 0) is 50.9 Å². The second-order valence-electron chi connectivity index (χ2n) is 6.78. The van der Waals surface area contributed by atoms with Crippen LogP contribution < -0.4 is 0 Å². The van der Waals surface area contributed by atoms with Crippen LogP contribution >= 0.6 is 0 Å². The second kappa shape index (κ2) is 10.8. The van der Waals surface area contributed by atoms with Crippen LogP contribution in [0, 0.1) is 11.8 Å². The van der Waals surface area contributed by atoms with E-state index in [1.165, 1.54) is 19.3 Å². The van der Waals surface area contributed by atoms with Crippen LogP contribution in [0.2, 0.25) is 0 Å². The Hall–Kier alpha value is -2.11. The Bertz CT molecular complexity index is 545. The lowest BCUT2D eigenvalue weighted by molar-refractivity contribution is -0.138. The van der Waals surface area contributed by atoms with Crippen LogP contribution in [0.4, 0.5) is 0 Å². The van der Waals surface area contributed by atoms with E-state index < -0.39 is 11.9 Å². The van der Waals surface area contributed by atoms with Crippen molar-refractivity contribution in [3.63, 3.8) is 0 Å². The topological polar surface area (TPSA) is 101 Å². The van der Waals surface area contributed by atoms with Gasteiger partial charge in [0.2, 0.25) is 0 Å². The van der Waals surface area contributed by atoms with Crippen molar-refractivity contribution in [3.05, 3.63) is 23.3 Å². The highest BCUT2D eigenvalue weighted by molar-refractivity contribution is 6.01. The molecule has 2 rings (SSSR count). The lowest BCUT2D eigenvalue weighted by atomic mass is 9.92. The first kappa shape index (κ1) is 21.9. The number of aliphatic carboxylic acids is 2. The molecule has 0 aromatic rings. The number of hydrogen-bond donors (Lipinski definition) is 2. The molecule has 0 aromatic carbocycles. The zero-order chi connectivity index (χ0) is 19.7. The monoisotopic (exact) mass is 366 g/mol. The van der Waals surface area contributed by atoms with Crippen LogP contribution in [0.1, 0.15) is 65.2 Å². The maximum atomic E-state index is 11.1. The van der Waals surface area contributed by atoms with Gasteiger partial charge in [0.15, 0.2) is 0 Å². The van der Waals surface area contributed by atoms with Crippen molar-refractivity contribution < 1.29 is 29.3 Å². The minimum Gasteiger partial charge on any atom is -0.478 e. The molecule has 0 amide bonds. The van der Waals surface area contributed by atoms with Gasteiger partial charge < -0.3 is 14.9 Å². The number of hydrogen-bond acceptors (Lipinski definition) is 4. The van der Waals surface area contributed by atoms with Crippen LogP contribution in [0.25, 0.3) is 0 Å². The molecule has 2 aliphatic rings. The molecule has 2 N–H and O–H groups in total. The van der Waals surface area contributed by atoms with E-state index in [2.05, 4.69) is 13.5 Å². The van der Waals surface area contributed by atoms with E-state index in [0.717, 1.165) is 32.1 Å². The zero-order valence-corrected chi connectivity index (χ0v) is 15.8. The van der Waals surface area contributed by atoms with E-state index >= 15 is 0 Å². The predicted molar refractivity (Wildman–Crippen MR) is 97.7 cm³/mol. The second-order valence-corrected chi connectivity index (χ2v) is 6.78. The number of carbonyl (C=O) groups is 3. The number of ether oxygens (including phenoxy) is 1. The minimum atomic E-state index is -1.05. The third kappa shape index (κ3) is 6.00. The summed E-state index contributed by atoms with van der Waals surface area (Å²) in [5.41, 5.74) is 0.922. The molecule has 0 saturated heterocycles. The molecular weight excluding hydrogens is 336 g/mol. The Kier molecular flexibility index (Phi) is 9.10. The Morgan fingerprint density at radius 3 is 1.96 bits per heavy atom. The summed E-state index contributed by atoms with van der Waals surface area (Å²) in [6.45, 7) is 8.11. The smallest absolute Gasteiger partial charge is 0.333 e. The highest BCUT2D eigenvalue weighted by atomic mass is 16.5. The van der Waals surface area contributed by atoms with Gasteiger partial charge in [-0.3, -0.25) is 0 Å². The van der Waals surface area contributed by atoms with E-state index in [1.54, 1.807) is 0 Å². The van der Waals surface area contributed by atoms with Crippen LogP contribution in [-0.2, 0) is 19.1 Å². The van der Waals surface area contributed by atoms with Crippen molar-refractivity contribution in [1.82, 2.24) is 0 Å². The average Bonchev–Trinajstić information content (AvgIpc) is 3.20. The van der Waals surface area contributed by atoms with Crippen LogP contribution in [-0.4, -0.2) is 34.7 Å². The number of carboxylic acid groups (broad SMARTS) is 2. The first-order valence-electron chi connectivity index (χ1n) is 9.38. The summed E-state index contributed by atoms with van der Waals surface area (Å²) in [6, 6.07) is 0. The Labute approximate surface area is 154 Å². The number of fused-ring (bicyclic) bond motifs is 2. The van der Waals surface area contributed by atoms with Crippen molar-refractivity contribution in [2.24, 2.45) is 11.8 Å². The standard InChI is InChI=1S/C11H20O2.C9H10O4/c1-4-6-7-8-9-10(3)11(12)13-5-2;10-8(11)6-4-1-2-5(3-4)7(6)9(12)13/h3-9H2,1-2H3;4-5H,1-3H2,(H,10,11)(H,12,13). The fraction of sp³-hybridized carbons (Fsp3) is 0.650. The minimum absolute atomic E-state index is 0.00593. The highest BCUT2D eigenvalue weighted by Gasteiger charge is 2.44.